The first kappa shape index (κ1) is 18.5. The van der Waals surface area contributed by atoms with Gasteiger partial charge in [0.1, 0.15) is 23.9 Å². The number of methoxy groups -OCH3 is 3. The molecule has 0 aliphatic heterocycles. The van der Waals surface area contributed by atoms with Crippen molar-refractivity contribution >= 4 is 11.9 Å². The SMILES string of the molecule is COCCOc1cccc(/C=C/C(=O)c2ccc(OC)cc2OC)c1. The summed E-state index contributed by atoms with van der Waals surface area (Å²) in [6.07, 6.45) is 3.26. The van der Waals surface area contributed by atoms with Gasteiger partial charge in [0.15, 0.2) is 5.78 Å². The van der Waals surface area contributed by atoms with Crippen molar-refractivity contribution in [2.24, 2.45) is 0 Å². The fraction of sp³-hybridized carbons (Fsp3) is 0.250. The van der Waals surface area contributed by atoms with E-state index in [1.165, 1.54) is 13.2 Å². The van der Waals surface area contributed by atoms with E-state index in [2.05, 4.69) is 0 Å². The first-order valence-electron chi connectivity index (χ1n) is 7.84. The molecule has 0 N–H and O–H groups in total. The quantitative estimate of drug-likeness (QED) is 0.396. The minimum atomic E-state index is -0.148. The number of ether oxygens (including phenoxy) is 4. The van der Waals surface area contributed by atoms with Gasteiger partial charge in [-0.25, -0.2) is 0 Å². The highest BCUT2D eigenvalue weighted by Gasteiger charge is 2.10. The maximum absolute atomic E-state index is 12.4. The molecule has 0 heterocycles. The molecule has 0 aliphatic rings. The Labute approximate surface area is 147 Å². The van der Waals surface area contributed by atoms with Crippen LogP contribution in [0.15, 0.2) is 48.5 Å². The van der Waals surface area contributed by atoms with Crippen molar-refractivity contribution in [1.29, 1.82) is 0 Å². The van der Waals surface area contributed by atoms with Gasteiger partial charge in [-0.1, -0.05) is 18.2 Å². The first-order valence-corrected chi connectivity index (χ1v) is 7.84. The van der Waals surface area contributed by atoms with Gasteiger partial charge < -0.3 is 18.9 Å². The molecule has 0 aromatic heterocycles. The van der Waals surface area contributed by atoms with Crippen LogP contribution in [0, 0.1) is 0 Å². The Morgan fingerprint density at radius 2 is 1.80 bits per heavy atom. The third-order valence-corrected chi connectivity index (χ3v) is 3.52. The van der Waals surface area contributed by atoms with Crippen molar-refractivity contribution in [3.63, 3.8) is 0 Å². The van der Waals surface area contributed by atoms with Gasteiger partial charge in [0, 0.05) is 13.2 Å². The van der Waals surface area contributed by atoms with E-state index in [-0.39, 0.29) is 5.78 Å². The molecule has 0 aliphatic carbocycles. The second-order valence-electron chi connectivity index (χ2n) is 5.18. The lowest BCUT2D eigenvalue weighted by atomic mass is 10.1. The number of carbonyl (C=O) groups excluding carboxylic acids is 1. The Hall–Kier alpha value is -2.79. The molecule has 2 aromatic rings. The monoisotopic (exact) mass is 342 g/mol. The summed E-state index contributed by atoms with van der Waals surface area (Å²) in [6.45, 7) is 1.00. The summed E-state index contributed by atoms with van der Waals surface area (Å²) in [5.41, 5.74) is 1.35. The molecule has 0 saturated heterocycles. The molecule has 0 fully saturated rings. The lowest BCUT2D eigenvalue weighted by Gasteiger charge is -2.08. The molecule has 0 unspecified atom stereocenters. The van der Waals surface area contributed by atoms with Crippen LogP contribution in [0.2, 0.25) is 0 Å². The number of benzene rings is 2. The molecule has 2 rings (SSSR count). The van der Waals surface area contributed by atoms with E-state index in [1.54, 1.807) is 38.5 Å². The Balaban J connectivity index is 2.11. The number of hydrogen-bond donors (Lipinski definition) is 0. The molecule has 132 valence electrons. The standard InChI is InChI=1S/C20H22O5/c1-22-11-12-25-17-6-4-5-15(13-17)7-10-19(21)18-9-8-16(23-2)14-20(18)24-3/h4-10,13-14H,11-12H2,1-3H3/b10-7+. The van der Waals surface area contributed by atoms with Gasteiger partial charge >= 0.3 is 0 Å². The summed E-state index contributed by atoms with van der Waals surface area (Å²) >= 11 is 0. The molecule has 0 atom stereocenters. The fourth-order valence-electron chi connectivity index (χ4n) is 2.21. The van der Waals surface area contributed by atoms with Gasteiger partial charge in [0.25, 0.3) is 0 Å². The summed E-state index contributed by atoms with van der Waals surface area (Å²) in [5, 5.41) is 0. The first-order chi connectivity index (χ1) is 12.2. The van der Waals surface area contributed by atoms with Crippen molar-refractivity contribution in [1.82, 2.24) is 0 Å². The van der Waals surface area contributed by atoms with Crippen molar-refractivity contribution in [3.8, 4) is 17.2 Å². The summed E-state index contributed by atoms with van der Waals surface area (Å²) in [4.78, 5) is 12.4. The Morgan fingerprint density at radius 3 is 2.52 bits per heavy atom. The Bertz CT molecular complexity index is 737. The van der Waals surface area contributed by atoms with Crippen LogP contribution in [0.1, 0.15) is 15.9 Å². The molecule has 0 bridgehead atoms. The summed E-state index contributed by atoms with van der Waals surface area (Å²) in [5.74, 6) is 1.70. The summed E-state index contributed by atoms with van der Waals surface area (Å²) in [7, 11) is 4.72. The third kappa shape index (κ3) is 5.36. The lowest BCUT2D eigenvalue weighted by Crippen LogP contribution is -2.04. The van der Waals surface area contributed by atoms with Crippen LogP contribution in [0.5, 0.6) is 17.2 Å². The van der Waals surface area contributed by atoms with Crippen LogP contribution in [0.3, 0.4) is 0 Å². The smallest absolute Gasteiger partial charge is 0.189 e. The van der Waals surface area contributed by atoms with Crippen LogP contribution >= 0.6 is 0 Å². The largest absolute Gasteiger partial charge is 0.497 e. The number of carbonyl (C=O) groups is 1. The average molecular weight is 342 g/mol. The minimum absolute atomic E-state index is 0.148. The number of hydrogen-bond acceptors (Lipinski definition) is 5. The van der Waals surface area contributed by atoms with Crippen LogP contribution < -0.4 is 14.2 Å². The molecular formula is C20H22O5. The zero-order valence-electron chi connectivity index (χ0n) is 14.7. The minimum Gasteiger partial charge on any atom is -0.497 e. The van der Waals surface area contributed by atoms with Crippen molar-refractivity contribution in [2.45, 2.75) is 0 Å². The van der Waals surface area contributed by atoms with E-state index < -0.39 is 0 Å². The Kier molecular flexibility index (Phi) is 7.04. The normalized spacial score (nSPS) is 10.7. The van der Waals surface area contributed by atoms with Gasteiger partial charge in [0.2, 0.25) is 0 Å². The molecule has 0 amide bonds. The van der Waals surface area contributed by atoms with Gasteiger partial charge in [-0.05, 0) is 35.9 Å². The second-order valence-corrected chi connectivity index (χ2v) is 5.18. The maximum atomic E-state index is 12.4. The predicted octanol–water partition coefficient (Wildman–Crippen LogP) is 3.63. The van der Waals surface area contributed by atoms with Gasteiger partial charge in [-0.2, -0.15) is 0 Å². The molecule has 0 saturated carbocycles. The van der Waals surface area contributed by atoms with Gasteiger partial charge in [-0.3, -0.25) is 4.79 Å². The van der Waals surface area contributed by atoms with Crippen LogP contribution in [0.25, 0.3) is 6.08 Å². The van der Waals surface area contributed by atoms with Crippen LogP contribution in [-0.4, -0.2) is 40.3 Å². The average Bonchev–Trinajstić information content (AvgIpc) is 2.66. The Morgan fingerprint density at radius 1 is 0.960 bits per heavy atom. The van der Waals surface area contributed by atoms with E-state index in [4.69, 9.17) is 18.9 Å². The third-order valence-electron chi connectivity index (χ3n) is 3.52. The topological polar surface area (TPSA) is 54.0 Å². The highest BCUT2D eigenvalue weighted by Crippen LogP contribution is 2.25. The van der Waals surface area contributed by atoms with Crippen molar-refractivity contribution in [3.05, 3.63) is 59.7 Å². The van der Waals surface area contributed by atoms with Gasteiger partial charge in [0.05, 0.1) is 26.4 Å². The van der Waals surface area contributed by atoms with Crippen LogP contribution in [0.4, 0.5) is 0 Å². The van der Waals surface area contributed by atoms with Crippen molar-refractivity contribution < 1.29 is 23.7 Å². The highest BCUT2D eigenvalue weighted by molar-refractivity contribution is 6.08. The van der Waals surface area contributed by atoms with E-state index in [0.717, 1.165) is 11.3 Å². The molecule has 2 aromatic carbocycles. The molecule has 5 heteroatoms. The van der Waals surface area contributed by atoms with E-state index in [1.807, 2.05) is 24.3 Å². The molecular weight excluding hydrogens is 320 g/mol. The predicted molar refractivity (Wildman–Crippen MR) is 96.7 cm³/mol. The zero-order valence-corrected chi connectivity index (χ0v) is 14.7. The van der Waals surface area contributed by atoms with Crippen molar-refractivity contribution in [2.75, 3.05) is 34.5 Å². The number of ketones is 1. The molecule has 5 nitrogen and oxygen atoms in total. The number of rotatable bonds is 9. The second kappa shape index (κ2) is 9.49. The summed E-state index contributed by atoms with van der Waals surface area (Å²) < 4.78 is 20.9. The zero-order chi connectivity index (χ0) is 18.1. The van der Waals surface area contributed by atoms with Gasteiger partial charge in [-0.15, -0.1) is 0 Å². The fourth-order valence-corrected chi connectivity index (χ4v) is 2.21. The van der Waals surface area contributed by atoms with Crippen LogP contribution in [-0.2, 0) is 4.74 Å². The van der Waals surface area contributed by atoms with E-state index in [0.29, 0.717) is 30.3 Å². The van der Waals surface area contributed by atoms with E-state index in [9.17, 15) is 4.79 Å². The highest BCUT2D eigenvalue weighted by atomic mass is 16.5. The molecule has 0 radical (unpaired) electrons. The molecule has 25 heavy (non-hydrogen) atoms. The van der Waals surface area contributed by atoms with E-state index >= 15 is 0 Å². The number of allylic oxidation sites excluding steroid dienone is 1. The molecule has 0 spiro atoms. The maximum Gasteiger partial charge on any atom is 0.189 e. The summed E-state index contributed by atoms with van der Waals surface area (Å²) in [6, 6.07) is 12.6. The lowest BCUT2D eigenvalue weighted by molar-refractivity contribution is 0.104.